The van der Waals surface area contributed by atoms with E-state index in [1.54, 1.807) is 0 Å². The molecule has 1 heterocycles. The van der Waals surface area contributed by atoms with Crippen LogP contribution in [0.1, 0.15) is 52.9 Å². The van der Waals surface area contributed by atoms with Crippen molar-refractivity contribution >= 4 is 0 Å². The Morgan fingerprint density at radius 2 is 2.12 bits per heavy atom. The van der Waals surface area contributed by atoms with Crippen LogP contribution in [0.3, 0.4) is 0 Å². The summed E-state index contributed by atoms with van der Waals surface area (Å²) in [6.07, 6.45) is 7.21. The van der Waals surface area contributed by atoms with E-state index in [4.69, 9.17) is 0 Å². The summed E-state index contributed by atoms with van der Waals surface area (Å²) in [5.74, 6) is 0.898. The molecule has 0 aromatic rings. The van der Waals surface area contributed by atoms with Crippen molar-refractivity contribution < 1.29 is 0 Å². The van der Waals surface area contributed by atoms with Crippen LogP contribution < -0.4 is 5.32 Å². The molecule has 1 N–H and O–H groups in total. The average Bonchev–Trinajstić information content (AvgIpc) is 2.87. The number of hydrogen-bond donors (Lipinski definition) is 1. The summed E-state index contributed by atoms with van der Waals surface area (Å²) < 4.78 is 0. The lowest BCUT2D eigenvalue weighted by Crippen LogP contribution is -2.32. The van der Waals surface area contributed by atoms with Gasteiger partial charge in [0.25, 0.3) is 0 Å². The number of likely N-dealkylation sites (tertiary alicyclic amines) is 1. The maximum atomic E-state index is 3.58. The first-order valence-electron chi connectivity index (χ1n) is 7.59. The van der Waals surface area contributed by atoms with E-state index < -0.39 is 0 Å². The van der Waals surface area contributed by atoms with Crippen molar-refractivity contribution in [2.75, 3.05) is 26.2 Å². The maximum absolute atomic E-state index is 3.58. The lowest BCUT2D eigenvalue weighted by atomic mass is 10.0. The molecule has 2 nitrogen and oxygen atoms in total. The van der Waals surface area contributed by atoms with E-state index >= 15 is 0 Å². The summed E-state index contributed by atoms with van der Waals surface area (Å²) in [7, 11) is 0. The Hall–Kier alpha value is -0.0800. The van der Waals surface area contributed by atoms with Gasteiger partial charge in [-0.2, -0.15) is 0 Å². The minimum atomic E-state index is 0.638. The van der Waals surface area contributed by atoms with Crippen LogP contribution in [-0.2, 0) is 0 Å². The van der Waals surface area contributed by atoms with Gasteiger partial charge >= 0.3 is 0 Å². The second-order valence-corrected chi connectivity index (χ2v) is 6.70. The van der Waals surface area contributed by atoms with Crippen molar-refractivity contribution in [1.29, 1.82) is 0 Å². The zero-order valence-corrected chi connectivity index (χ0v) is 12.0. The quantitative estimate of drug-likeness (QED) is 0.733. The van der Waals surface area contributed by atoms with Crippen LogP contribution in [0, 0.1) is 11.3 Å². The summed E-state index contributed by atoms with van der Waals surface area (Å²) in [5.41, 5.74) is 0.745. The van der Waals surface area contributed by atoms with E-state index in [1.165, 1.54) is 58.3 Å². The standard InChI is InChI=1S/C15H30N2/c1-4-6-15(7-8-15)12-17-9-5-14(11-17)10-16-13(2)3/h13-14,16H,4-12H2,1-3H3. The number of rotatable bonds is 7. The minimum absolute atomic E-state index is 0.638. The van der Waals surface area contributed by atoms with Crippen molar-refractivity contribution in [3.05, 3.63) is 0 Å². The molecule has 1 aliphatic carbocycles. The van der Waals surface area contributed by atoms with Crippen molar-refractivity contribution in [3.63, 3.8) is 0 Å². The highest BCUT2D eigenvalue weighted by Crippen LogP contribution is 2.50. The molecule has 0 aromatic carbocycles. The van der Waals surface area contributed by atoms with Crippen LogP contribution in [0.2, 0.25) is 0 Å². The first-order valence-corrected chi connectivity index (χ1v) is 7.59. The fraction of sp³-hybridized carbons (Fsp3) is 1.00. The summed E-state index contributed by atoms with van der Waals surface area (Å²) in [6, 6.07) is 0.638. The van der Waals surface area contributed by atoms with E-state index in [0.29, 0.717) is 6.04 Å². The lowest BCUT2D eigenvalue weighted by Gasteiger charge is -2.23. The zero-order valence-electron chi connectivity index (χ0n) is 12.0. The van der Waals surface area contributed by atoms with Crippen LogP contribution in [0.5, 0.6) is 0 Å². The highest BCUT2D eigenvalue weighted by atomic mass is 15.2. The summed E-state index contributed by atoms with van der Waals surface area (Å²) in [6.45, 7) is 12.1. The molecular weight excluding hydrogens is 208 g/mol. The predicted molar refractivity (Wildman–Crippen MR) is 74.3 cm³/mol. The van der Waals surface area contributed by atoms with E-state index in [0.717, 1.165) is 11.3 Å². The Morgan fingerprint density at radius 1 is 1.35 bits per heavy atom. The van der Waals surface area contributed by atoms with E-state index in [-0.39, 0.29) is 0 Å². The van der Waals surface area contributed by atoms with Gasteiger partial charge in [0.05, 0.1) is 0 Å². The largest absolute Gasteiger partial charge is 0.314 e. The second kappa shape index (κ2) is 5.71. The van der Waals surface area contributed by atoms with Crippen molar-refractivity contribution in [2.45, 2.75) is 58.9 Å². The molecule has 100 valence electrons. The van der Waals surface area contributed by atoms with E-state index in [2.05, 4.69) is 31.0 Å². The Kier molecular flexibility index (Phi) is 4.48. The molecule has 0 bridgehead atoms. The molecule has 2 heteroatoms. The second-order valence-electron chi connectivity index (χ2n) is 6.70. The molecule has 1 unspecified atom stereocenters. The van der Waals surface area contributed by atoms with Gasteiger partial charge in [0, 0.05) is 19.1 Å². The summed E-state index contributed by atoms with van der Waals surface area (Å²) in [4.78, 5) is 2.73. The van der Waals surface area contributed by atoms with Crippen molar-refractivity contribution in [1.82, 2.24) is 10.2 Å². The van der Waals surface area contributed by atoms with Crippen LogP contribution in [0.15, 0.2) is 0 Å². The summed E-state index contributed by atoms with van der Waals surface area (Å²) >= 11 is 0. The fourth-order valence-electron chi connectivity index (χ4n) is 3.29. The Morgan fingerprint density at radius 3 is 2.71 bits per heavy atom. The van der Waals surface area contributed by atoms with E-state index in [9.17, 15) is 0 Å². The van der Waals surface area contributed by atoms with Gasteiger partial charge in [-0.15, -0.1) is 0 Å². The average molecular weight is 238 g/mol. The molecule has 1 saturated heterocycles. The normalized spacial score (nSPS) is 27.9. The van der Waals surface area contributed by atoms with E-state index in [1.807, 2.05) is 0 Å². The molecule has 17 heavy (non-hydrogen) atoms. The van der Waals surface area contributed by atoms with Crippen molar-refractivity contribution in [2.24, 2.45) is 11.3 Å². The molecule has 2 fully saturated rings. The molecule has 0 amide bonds. The van der Waals surface area contributed by atoms with Gasteiger partial charge < -0.3 is 10.2 Å². The first-order chi connectivity index (χ1) is 8.13. The molecule has 1 saturated carbocycles. The van der Waals surface area contributed by atoms with Gasteiger partial charge in [-0.25, -0.2) is 0 Å². The minimum Gasteiger partial charge on any atom is -0.314 e. The molecule has 1 atom stereocenters. The Balaban J connectivity index is 1.67. The van der Waals surface area contributed by atoms with Gasteiger partial charge in [0.2, 0.25) is 0 Å². The van der Waals surface area contributed by atoms with Gasteiger partial charge in [-0.05, 0) is 50.1 Å². The monoisotopic (exact) mass is 238 g/mol. The van der Waals surface area contributed by atoms with Crippen LogP contribution in [-0.4, -0.2) is 37.1 Å². The third-order valence-electron chi connectivity index (χ3n) is 4.48. The SMILES string of the molecule is CCCC1(CN2CCC(CNC(C)C)C2)CC1. The molecule has 1 aliphatic heterocycles. The molecule has 0 radical (unpaired) electrons. The molecule has 2 aliphatic rings. The number of nitrogens with one attached hydrogen (secondary N) is 1. The predicted octanol–water partition coefficient (Wildman–Crippen LogP) is 2.89. The third kappa shape index (κ3) is 3.96. The fourth-order valence-corrected chi connectivity index (χ4v) is 3.29. The van der Waals surface area contributed by atoms with Crippen LogP contribution >= 0.6 is 0 Å². The first kappa shape index (κ1) is 13.4. The van der Waals surface area contributed by atoms with Crippen molar-refractivity contribution in [3.8, 4) is 0 Å². The molecular formula is C15H30N2. The topological polar surface area (TPSA) is 15.3 Å². The highest BCUT2D eigenvalue weighted by molar-refractivity contribution is 4.96. The lowest BCUT2D eigenvalue weighted by molar-refractivity contribution is 0.243. The maximum Gasteiger partial charge on any atom is 0.00381 e. The van der Waals surface area contributed by atoms with Crippen LogP contribution in [0.4, 0.5) is 0 Å². The number of hydrogen-bond acceptors (Lipinski definition) is 2. The van der Waals surface area contributed by atoms with Gasteiger partial charge in [-0.1, -0.05) is 27.2 Å². The molecule has 2 rings (SSSR count). The zero-order chi connectivity index (χ0) is 12.3. The Labute approximate surface area is 107 Å². The Bertz CT molecular complexity index is 233. The summed E-state index contributed by atoms with van der Waals surface area (Å²) in [5, 5.41) is 3.58. The van der Waals surface area contributed by atoms with Gasteiger partial charge in [0.1, 0.15) is 0 Å². The highest BCUT2D eigenvalue weighted by Gasteiger charge is 2.43. The van der Waals surface area contributed by atoms with Gasteiger partial charge in [-0.3, -0.25) is 0 Å². The molecule has 0 spiro atoms. The number of nitrogens with zero attached hydrogens (tertiary/aromatic N) is 1. The van der Waals surface area contributed by atoms with Crippen LogP contribution in [0.25, 0.3) is 0 Å². The smallest absolute Gasteiger partial charge is 0.00381 e. The third-order valence-corrected chi connectivity index (χ3v) is 4.48. The van der Waals surface area contributed by atoms with Gasteiger partial charge in [0.15, 0.2) is 0 Å². The molecule has 0 aromatic heterocycles.